The molecule has 1 unspecified atom stereocenters. The monoisotopic (exact) mass is 751 g/mol. The SMILES string of the molecule is N#CC1=CCC(n2c3ccccc3c3cc(-c4ccc5c(c4)c4ccccc4n5-c4cccc5c4C(c4ccccc4)(c4ccccc4)c4ccccc4-5)ccc32)C=C1. The lowest BCUT2D eigenvalue weighted by molar-refractivity contribution is 0.646. The van der Waals surface area contributed by atoms with E-state index in [9.17, 15) is 5.26 Å². The zero-order valence-electron chi connectivity index (χ0n) is 32.3. The van der Waals surface area contributed by atoms with Crippen LogP contribution in [-0.2, 0) is 5.41 Å². The summed E-state index contributed by atoms with van der Waals surface area (Å²) in [7, 11) is 0. The van der Waals surface area contributed by atoms with Crippen LogP contribution in [-0.4, -0.2) is 9.13 Å². The molecule has 0 N–H and O–H groups in total. The van der Waals surface area contributed by atoms with Gasteiger partial charge in [0.05, 0.1) is 34.2 Å². The predicted octanol–water partition coefficient (Wildman–Crippen LogP) is 13.9. The molecule has 2 aliphatic carbocycles. The standard InChI is InChI=1S/C56H37N3/c57-36-37-26-30-42(31-27-37)58-50-23-11-8-19-44(50)47-34-38(28-32-52(47)58)39-29-33-53-48(35-39)45-20-9-12-24-51(45)59(53)54-25-13-21-46-43-18-7-10-22-49(43)56(55(46)54,40-14-3-1-4-15-40)41-16-5-2-6-17-41/h1-30,32-35,42H,31H2. The Kier molecular flexibility index (Phi) is 7.33. The highest BCUT2D eigenvalue weighted by molar-refractivity contribution is 6.12. The van der Waals surface area contributed by atoms with E-state index in [-0.39, 0.29) is 6.04 Å². The first kappa shape index (κ1) is 33.5. The molecule has 3 heteroatoms. The lowest BCUT2D eigenvalue weighted by Gasteiger charge is -2.35. The number of hydrogen-bond acceptors (Lipinski definition) is 1. The van der Waals surface area contributed by atoms with Crippen LogP contribution >= 0.6 is 0 Å². The number of rotatable bonds is 5. The number of aromatic nitrogens is 2. The van der Waals surface area contributed by atoms with Crippen LogP contribution in [0.25, 0.3) is 71.6 Å². The quantitative estimate of drug-likeness (QED) is 0.172. The third kappa shape index (κ3) is 4.75. The van der Waals surface area contributed by atoms with Gasteiger partial charge >= 0.3 is 0 Å². The van der Waals surface area contributed by atoms with Crippen LogP contribution in [0.3, 0.4) is 0 Å². The topological polar surface area (TPSA) is 33.6 Å². The summed E-state index contributed by atoms with van der Waals surface area (Å²) in [5.74, 6) is 0. The fourth-order valence-electron chi connectivity index (χ4n) is 10.5. The average Bonchev–Trinajstić information content (AvgIpc) is 3.94. The van der Waals surface area contributed by atoms with Gasteiger partial charge in [-0.05, 0) is 93.9 Å². The maximum atomic E-state index is 9.47. The highest BCUT2D eigenvalue weighted by Crippen LogP contribution is 2.58. The summed E-state index contributed by atoms with van der Waals surface area (Å²) in [5.41, 5.74) is 16.2. The molecular formula is C56H37N3. The molecule has 12 rings (SSSR count). The molecule has 0 aliphatic heterocycles. The summed E-state index contributed by atoms with van der Waals surface area (Å²) in [6, 6.07) is 72.0. The molecular weight excluding hydrogens is 715 g/mol. The Balaban J connectivity index is 1.08. The zero-order chi connectivity index (χ0) is 39.1. The maximum Gasteiger partial charge on any atom is 0.0988 e. The van der Waals surface area contributed by atoms with Gasteiger partial charge in [0, 0.05) is 43.7 Å². The molecule has 2 aromatic heterocycles. The number of benzene rings is 8. The van der Waals surface area contributed by atoms with Gasteiger partial charge in [-0.25, -0.2) is 0 Å². The van der Waals surface area contributed by atoms with E-state index >= 15 is 0 Å². The van der Waals surface area contributed by atoms with Crippen molar-refractivity contribution in [2.75, 3.05) is 0 Å². The van der Waals surface area contributed by atoms with Gasteiger partial charge < -0.3 is 9.13 Å². The van der Waals surface area contributed by atoms with Crippen LogP contribution in [0.1, 0.15) is 34.7 Å². The van der Waals surface area contributed by atoms with E-state index < -0.39 is 5.41 Å². The summed E-state index contributed by atoms with van der Waals surface area (Å²) in [6.07, 6.45) is 6.98. The van der Waals surface area contributed by atoms with Crippen molar-refractivity contribution in [3.63, 3.8) is 0 Å². The molecule has 0 radical (unpaired) electrons. The average molecular weight is 752 g/mol. The highest BCUT2D eigenvalue weighted by atomic mass is 15.0. The Morgan fingerprint density at radius 2 is 1.07 bits per heavy atom. The number of nitriles is 1. The van der Waals surface area contributed by atoms with Crippen molar-refractivity contribution in [1.29, 1.82) is 5.26 Å². The molecule has 2 aliphatic rings. The van der Waals surface area contributed by atoms with E-state index in [1.807, 2.05) is 6.08 Å². The molecule has 59 heavy (non-hydrogen) atoms. The zero-order valence-corrected chi connectivity index (χ0v) is 32.3. The van der Waals surface area contributed by atoms with Gasteiger partial charge in [0.2, 0.25) is 0 Å². The Morgan fingerprint density at radius 1 is 0.508 bits per heavy atom. The molecule has 8 aromatic carbocycles. The van der Waals surface area contributed by atoms with E-state index in [1.54, 1.807) is 0 Å². The van der Waals surface area contributed by atoms with Gasteiger partial charge in [-0.3, -0.25) is 0 Å². The maximum absolute atomic E-state index is 9.47. The molecule has 0 saturated carbocycles. The van der Waals surface area contributed by atoms with Crippen LogP contribution in [0.2, 0.25) is 0 Å². The van der Waals surface area contributed by atoms with E-state index in [0.717, 1.165) is 12.0 Å². The van der Waals surface area contributed by atoms with Gasteiger partial charge in [-0.2, -0.15) is 5.26 Å². The lowest BCUT2D eigenvalue weighted by atomic mass is 9.67. The summed E-state index contributed by atoms with van der Waals surface area (Å²) in [4.78, 5) is 0. The van der Waals surface area contributed by atoms with E-state index in [4.69, 9.17) is 0 Å². The first-order valence-corrected chi connectivity index (χ1v) is 20.4. The van der Waals surface area contributed by atoms with Crippen LogP contribution < -0.4 is 0 Å². The second kappa shape index (κ2) is 12.9. The van der Waals surface area contributed by atoms with Crippen molar-refractivity contribution < 1.29 is 0 Å². The number of allylic oxidation sites excluding steroid dienone is 4. The van der Waals surface area contributed by atoms with Gasteiger partial charge in [0.15, 0.2) is 0 Å². The summed E-state index contributed by atoms with van der Waals surface area (Å²) in [5, 5.41) is 14.4. The number of fused-ring (bicyclic) bond motifs is 9. The molecule has 3 nitrogen and oxygen atoms in total. The van der Waals surface area contributed by atoms with Crippen LogP contribution in [0, 0.1) is 11.3 Å². The lowest BCUT2D eigenvalue weighted by Crippen LogP contribution is -2.29. The fourth-order valence-corrected chi connectivity index (χ4v) is 10.5. The molecule has 0 saturated heterocycles. The van der Waals surface area contributed by atoms with Crippen molar-refractivity contribution in [3.05, 3.63) is 234 Å². The Morgan fingerprint density at radius 3 is 1.76 bits per heavy atom. The van der Waals surface area contributed by atoms with Crippen LogP contribution in [0.5, 0.6) is 0 Å². The Hall–Kier alpha value is -7.67. The summed E-state index contributed by atoms with van der Waals surface area (Å²) in [6.45, 7) is 0. The number of hydrogen-bond donors (Lipinski definition) is 0. The molecule has 276 valence electrons. The van der Waals surface area contributed by atoms with Gasteiger partial charge in [0.1, 0.15) is 0 Å². The summed E-state index contributed by atoms with van der Waals surface area (Å²) < 4.78 is 4.95. The first-order valence-electron chi connectivity index (χ1n) is 20.4. The van der Waals surface area contributed by atoms with Crippen molar-refractivity contribution in [2.24, 2.45) is 0 Å². The minimum Gasteiger partial charge on any atom is -0.333 e. The highest BCUT2D eigenvalue weighted by Gasteiger charge is 2.48. The third-order valence-corrected chi connectivity index (χ3v) is 12.9. The van der Waals surface area contributed by atoms with Crippen molar-refractivity contribution in [1.82, 2.24) is 9.13 Å². The smallest absolute Gasteiger partial charge is 0.0988 e. The predicted molar refractivity (Wildman–Crippen MR) is 243 cm³/mol. The number of nitrogens with zero attached hydrogens (tertiary/aromatic N) is 3. The molecule has 0 spiro atoms. The van der Waals surface area contributed by atoms with E-state index in [0.29, 0.717) is 0 Å². The normalized spacial score (nSPS) is 15.4. The van der Waals surface area contributed by atoms with Gasteiger partial charge in [-0.15, -0.1) is 0 Å². The van der Waals surface area contributed by atoms with Crippen LogP contribution in [0.4, 0.5) is 0 Å². The fraction of sp³-hybridized carbons (Fsp3) is 0.0536. The van der Waals surface area contributed by atoms with E-state index in [2.05, 4.69) is 215 Å². The van der Waals surface area contributed by atoms with E-state index in [1.165, 1.54) is 93.8 Å². The minimum absolute atomic E-state index is 0.151. The van der Waals surface area contributed by atoms with Crippen molar-refractivity contribution >= 4 is 43.6 Å². The molecule has 10 aromatic rings. The molecule has 1 atom stereocenters. The van der Waals surface area contributed by atoms with Gasteiger partial charge in [-0.1, -0.05) is 158 Å². The molecule has 0 fully saturated rings. The number of para-hydroxylation sites is 2. The van der Waals surface area contributed by atoms with Crippen molar-refractivity contribution in [2.45, 2.75) is 17.9 Å². The largest absolute Gasteiger partial charge is 0.333 e. The van der Waals surface area contributed by atoms with Crippen LogP contribution in [0.15, 0.2) is 212 Å². The summed E-state index contributed by atoms with van der Waals surface area (Å²) >= 11 is 0. The second-order valence-electron chi connectivity index (χ2n) is 15.9. The molecule has 0 bridgehead atoms. The minimum atomic E-state index is -0.529. The Labute approximate surface area is 342 Å². The third-order valence-electron chi connectivity index (χ3n) is 12.9. The first-order chi connectivity index (χ1) is 29.2. The van der Waals surface area contributed by atoms with Crippen molar-refractivity contribution in [3.8, 4) is 34.0 Å². The molecule has 0 amide bonds. The Bertz CT molecular complexity index is 3390. The van der Waals surface area contributed by atoms with Gasteiger partial charge in [0.25, 0.3) is 0 Å². The second-order valence-corrected chi connectivity index (χ2v) is 15.9. The molecule has 2 heterocycles.